The van der Waals surface area contributed by atoms with Crippen LogP contribution in [0, 0.1) is 22.9 Å². The smallest absolute Gasteiger partial charge is 0.272 e. The van der Waals surface area contributed by atoms with E-state index in [4.69, 9.17) is 4.74 Å². The monoisotopic (exact) mass is 353 g/mol. The molecule has 0 saturated heterocycles. The molecule has 0 aliphatic rings. The van der Waals surface area contributed by atoms with E-state index in [1.165, 1.54) is 18.2 Å². The molecule has 0 amide bonds. The highest BCUT2D eigenvalue weighted by Gasteiger charge is 2.13. The minimum absolute atomic E-state index is 0.0523. The van der Waals surface area contributed by atoms with Gasteiger partial charge in [0.1, 0.15) is 18.2 Å². The van der Waals surface area contributed by atoms with Crippen molar-refractivity contribution in [2.75, 3.05) is 0 Å². The quantitative estimate of drug-likeness (QED) is 0.451. The Labute approximate surface area is 129 Å². The molecule has 2 aromatic carbocycles. The van der Waals surface area contributed by atoms with Gasteiger partial charge in [-0.2, -0.15) is 0 Å². The maximum Gasteiger partial charge on any atom is 0.272 e. The highest BCUT2D eigenvalue weighted by atomic mass is 79.9. The average molecular weight is 354 g/mol. The molecule has 0 heterocycles. The Morgan fingerprint density at radius 1 is 1.33 bits per heavy atom. The molecule has 0 unspecified atom stereocenters. The molecular weight excluding hydrogens is 341 g/mol. The van der Waals surface area contributed by atoms with Gasteiger partial charge in [0, 0.05) is 23.0 Å². The summed E-state index contributed by atoms with van der Waals surface area (Å²) in [6.07, 6.45) is 0. The van der Waals surface area contributed by atoms with E-state index in [2.05, 4.69) is 15.9 Å². The van der Waals surface area contributed by atoms with E-state index in [9.17, 15) is 14.5 Å². The Bertz CT molecular complexity index is 676. The molecule has 0 aromatic heterocycles. The van der Waals surface area contributed by atoms with Crippen molar-refractivity contribution >= 4 is 21.6 Å². The Morgan fingerprint density at radius 2 is 2.10 bits per heavy atom. The van der Waals surface area contributed by atoms with Crippen LogP contribution in [0.5, 0.6) is 5.75 Å². The van der Waals surface area contributed by atoms with Crippen molar-refractivity contribution in [1.82, 2.24) is 0 Å². The molecule has 4 nitrogen and oxygen atoms in total. The lowest BCUT2D eigenvalue weighted by Crippen LogP contribution is -2.01. The molecule has 0 radical (unpaired) electrons. The SMILES string of the molecule is Cc1c(COc2cc(F)cc(CBr)c2)cccc1[N+](=O)[O-]. The van der Waals surface area contributed by atoms with E-state index in [0.717, 1.165) is 5.56 Å². The lowest BCUT2D eigenvalue weighted by atomic mass is 10.1. The van der Waals surface area contributed by atoms with Gasteiger partial charge in [0.2, 0.25) is 0 Å². The zero-order valence-electron chi connectivity index (χ0n) is 11.3. The van der Waals surface area contributed by atoms with E-state index < -0.39 is 4.92 Å². The molecule has 0 N–H and O–H groups in total. The molecule has 0 aliphatic heterocycles. The lowest BCUT2D eigenvalue weighted by Gasteiger charge is -2.10. The van der Waals surface area contributed by atoms with Crippen molar-refractivity contribution in [3.8, 4) is 5.75 Å². The number of hydrogen-bond acceptors (Lipinski definition) is 3. The Balaban J connectivity index is 2.19. The van der Waals surface area contributed by atoms with Crippen molar-refractivity contribution in [3.63, 3.8) is 0 Å². The summed E-state index contributed by atoms with van der Waals surface area (Å²) >= 11 is 3.26. The first-order chi connectivity index (χ1) is 10.0. The first kappa shape index (κ1) is 15.4. The molecule has 2 rings (SSSR count). The molecule has 0 bridgehead atoms. The van der Waals surface area contributed by atoms with Crippen LogP contribution in [0.15, 0.2) is 36.4 Å². The fraction of sp³-hybridized carbons (Fsp3) is 0.200. The van der Waals surface area contributed by atoms with Gasteiger partial charge in [-0.1, -0.05) is 28.1 Å². The summed E-state index contributed by atoms with van der Waals surface area (Å²) in [4.78, 5) is 10.5. The van der Waals surface area contributed by atoms with Crippen LogP contribution in [0.25, 0.3) is 0 Å². The second-order valence-corrected chi connectivity index (χ2v) is 5.10. The summed E-state index contributed by atoms with van der Waals surface area (Å²) in [5.41, 5.74) is 2.07. The minimum atomic E-state index is -0.427. The van der Waals surface area contributed by atoms with Crippen molar-refractivity contribution in [2.45, 2.75) is 18.9 Å². The number of benzene rings is 2. The summed E-state index contributed by atoms with van der Waals surface area (Å²) < 4.78 is 18.9. The van der Waals surface area contributed by atoms with Gasteiger partial charge in [-0.15, -0.1) is 0 Å². The van der Waals surface area contributed by atoms with Gasteiger partial charge in [-0.05, 0) is 30.2 Å². The molecule has 0 atom stereocenters. The number of halogens is 2. The molecule has 110 valence electrons. The van der Waals surface area contributed by atoms with Crippen LogP contribution in [0.3, 0.4) is 0 Å². The normalized spacial score (nSPS) is 10.4. The summed E-state index contributed by atoms with van der Waals surface area (Å²) in [6.45, 7) is 1.82. The Morgan fingerprint density at radius 3 is 2.76 bits per heavy atom. The van der Waals surface area contributed by atoms with Gasteiger partial charge in [-0.25, -0.2) is 4.39 Å². The van der Waals surface area contributed by atoms with E-state index in [-0.39, 0.29) is 18.1 Å². The summed E-state index contributed by atoms with van der Waals surface area (Å²) in [7, 11) is 0. The summed E-state index contributed by atoms with van der Waals surface area (Å²) in [5, 5.41) is 11.4. The van der Waals surface area contributed by atoms with Crippen LogP contribution in [-0.4, -0.2) is 4.92 Å². The molecule has 6 heteroatoms. The van der Waals surface area contributed by atoms with Crippen molar-refractivity contribution < 1.29 is 14.1 Å². The third kappa shape index (κ3) is 3.78. The van der Waals surface area contributed by atoms with Crippen molar-refractivity contribution in [3.05, 3.63) is 69.0 Å². The summed E-state index contributed by atoms with van der Waals surface area (Å²) in [5.74, 6) is 0.0214. The largest absolute Gasteiger partial charge is 0.489 e. The zero-order valence-corrected chi connectivity index (χ0v) is 12.9. The predicted octanol–water partition coefficient (Wildman–Crippen LogP) is 4.52. The highest BCUT2D eigenvalue weighted by Crippen LogP contribution is 2.24. The first-order valence-corrected chi connectivity index (χ1v) is 7.34. The van der Waals surface area contributed by atoms with Gasteiger partial charge in [0.15, 0.2) is 0 Å². The third-order valence-corrected chi connectivity index (χ3v) is 3.74. The predicted molar refractivity (Wildman–Crippen MR) is 81.2 cm³/mol. The number of nitro benzene ring substituents is 1. The van der Waals surface area contributed by atoms with Gasteiger partial charge < -0.3 is 4.74 Å². The van der Waals surface area contributed by atoms with Gasteiger partial charge in [-0.3, -0.25) is 10.1 Å². The van der Waals surface area contributed by atoms with Gasteiger partial charge >= 0.3 is 0 Å². The highest BCUT2D eigenvalue weighted by molar-refractivity contribution is 9.08. The number of hydrogen-bond donors (Lipinski definition) is 0. The zero-order chi connectivity index (χ0) is 15.4. The number of nitrogens with zero attached hydrogens (tertiary/aromatic N) is 1. The average Bonchev–Trinajstić information content (AvgIpc) is 2.45. The molecule has 21 heavy (non-hydrogen) atoms. The topological polar surface area (TPSA) is 52.4 Å². The maximum absolute atomic E-state index is 13.4. The molecule has 0 spiro atoms. The van der Waals surface area contributed by atoms with Gasteiger partial charge in [0.25, 0.3) is 5.69 Å². The molecular formula is C15H13BrFNO3. The minimum Gasteiger partial charge on any atom is -0.489 e. The molecule has 0 fully saturated rings. The van der Waals surface area contributed by atoms with Crippen LogP contribution in [0.1, 0.15) is 16.7 Å². The molecule has 0 saturated carbocycles. The fourth-order valence-corrected chi connectivity index (χ4v) is 2.29. The van der Waals surface area contributed by atoms with E-state index >= 15 is 0 Å². The van der Waals surface area contributed by atoms with Crippen LogP contribution in [0.2, 0.25) is 0 Å². The standard InChI is InChI=1S/C15H13BrFNO3/c1-10-12(3-2-4-15(10)18(19)20)9-21-14-6-11(8-16)5-13(17)7-14/h2-7H,8-9H2,1H3. The number of alkyl halides is 1. The Kier molecular flexibility index (Phi) is 4.90. The maximum atomic E-state index is 13.4. The second kappa shape index (κ2) is 6.67. The number of rotatable bonds is 5. The fourth-order valence-electron chi connectivity index (χ4n) is 1.97. The first-order valence-electron chi connectivity index (χ1n) is 6.22. The van der Waals surface area contributed by atoms with Crippen LogP contribution >= 0.6 is 15.9 Å². The van der Waals surface area contributed by atoms with Crippen LogP contribution in [-0.2, 0) is 11.9 Å². The molecule has 2 aromatic rings. The van der Waals surface area contributed by atoms with E-state index in [1.807, 2.05) is 0 Å². The number of ether oxygens (including phenoxy) is 1. The van der Waals surface area contributed by atoms with Crippen LogP contribution in [0.4, 0.5) is 10.1 Å². The Hall–Kier alpha value is -1.95. The second-order valence-electron chi connectivity index (χ2n) is 4.54. The van der Waals surface area contributed by atoms with Crippen molar-refractivity contribution in [1.29, 1.82) is 0 Å². The summed E-state index contributed by atoms with van der Waals surface area (Å²) in [6, 6.07) is 9.25. The molecule has 0 aliphatic carbocycles. The van der Waals surface area contributed by atoms with Crippen LogP contribution < -0.4 is 4.74 Å². The third-order valence-electron chi connectivity index (χ3n) is 3.09. The van der Waals surface area contributed by atoms with E-state index in [1.54, 1.807) is 25.1 Å². The lowest BCUT2D eigenvalue weighted by molar-refractivity contribution is -0.385. The van der Waals surface area contributed by atoms with Crippen molar-refractivity contribution in [2.24, 2.45) is 0 Å². The van der Waals surface area contributed by atoms with E-state index in [0.29, 0.717) is 22.2 Å². The van der Waals surface area contributed by atoms with Gasteiger partial charge in [0.05, 0.1) is 4.92 Å². The number of nitro groups is 1.